The normalized spacial score (nSPS) is 19.3. The molecule has 3 N–H and O–H groups in total. The number of nitrogens with zero attached hydrogens (tertiary/aromatic N) is 7. The van der Waals surface area contributed by atoms with Crippen LogP contribution >= 0.6 is 0 Å². The first-order chi connectivity index (χ1) is 29.0. The number of piperazine rings is 1. The van der Waals surface area contributed by atoms with Crippen LogP contribution in [0.2, 0.25) is 0 Å². The van der Waals surface area contributed by atoms with Crippen LogP contribution in [0.25, 0.3) is 10.8 Å². The Labute approximate surface area is 353 Å². The maximum absolute atomic E-state index is 13.2. The van der Waals surface area contributed by atoms with E-state index in [1.165, 1.54) is 16.5 Å². The monoisotopic (exact) mass is 834 g/mol. The van der Waals surface area contributed by atoms with E-state index in [9.17, 15) is 10.1 Å². The lowest BCUT2D eigenvalue weighted by molar-refractivity contribution is -0.122. The molecule has 3 atom stereocenters. The summed E-state index contributed by atoms with van der Waals surface area (Å²) in [5.41, 5.74) is 7.95. The molecule has 2 saturated heterocycles. The molecule has 0 bridgehead atoms. The first-order valence-electron chi connectivity index (χ1n) is 20.7. The van der Waals surface area contributed by atoms with Crippen LogP contribution in [-0.2, 0) is 41.4 Å². The van der Waals surface area contributed by atoms with Gasteiger partial charge in [0, 0.05) is 61.9 Å². The molecule has 3 aliphatic rings. The summed E-state index contributed by atoms with van der Waals surface area (Å²) < 4.78 is 34.8. The van der Waals surface area contributed by atoms with Crippen LogP contribution in [0.4, 0.5) is 16.3 Å². The molecule has 3 aliphatic heterocycles. The Morgan fingerprint density at radius 1 is 0.933 bits per heavy atom. The molecule has 4 heterocycles. The van der Waals surface area contributed by atoms with Gasteiger partial charge in [0.05, 0.1) is 83.1 Å². The van der Waals surface area contributed by atoms with Crippen LogP contribution in [0, 0.1) is 11.3 Å². The zero-order valence-electron chi connectivity index (χ0n) is 35.5. The van der Waals surface area contributed by atoms with Crippen LogP contribution in [0.3, 0.4) is 0 Å². The average molecular weight is 835 g/mol. The predicted octanol–water partition coefficient (Wildman–Crippen LogP) is 3.71. The Bertz CT molecular complexity index is 1850. The third-order valence-corrected chi connectivity index (χ3v) is 10.5. The number of benzene rings is 2. The van der Waals surface area contributed by atoms with Gasteiger partial charge in [-0.1, -0.05) is 36.4 Å². The van der Waals surface area contributed by atoms with Gasteiger partial charge in [0.15, 0.2) is 0 Å². The van der Waals surface area contributed by atoms with E-state index in [-0.39, 0.29) is 31.1 Å². The van der Waals surface area contributed by atoms with Crippen molar-refractivity contribution in [3.05, 3.63) is 53.7 Å². The van der Waals surface area contributed by atoms with Crippen molar-refractivity contribution in [2.24, 2.45) is 5.73 Å². The van der Waals surface area contributed by atoms with Gasteiger partial charge in [-0.15, -0.1) is 0 Å². The summed E-state index contributed by atoms with van der Waals surface area (Å²) in [5, 5.41) is 19.1. The fourth-order valence-electron chi connectivity index (χ4n) is 7.71. The van der Waals surface area contributed by atoms with Crippen molar-refractivity contribution in [2.75, 3.05) is 109 Å². The van der Waals surface area contributed by atoms with E-state index in [1.54, 1.807) is 4.90 Å². The van der Waals surface area contributed by atoms with Crippen LogP contribution in [-0.4, -0.2) is 160 Å². The molecule has 17 heteroatoms. The highest BCUT2D eigenvalue weighted by Crippen LogP contribution is 2.35. The molecule has 3 aromatic rings. The number of carbonyl (C=O) groups is 2. The third kappa shape index (κ3) is 13.3. The highest BCUT2D eigenvalue weighted by Gasteiger charge is 2.36. The summed E-state index contributed by atoms with van der Waals surface area (Å²) in [7, 11) is 2.09. The molecule has 0 spiro atoms. The molecule has 0 saturated carbocycles. The van der Waals surface area contributed by atoms with Crippen molar-refractivity contribution >= 4 is 34.8 Å². The highest BCUT2D eigenvalue weighted by molar-refractivity contribution is 5.94. The fourth-order valence-corrected chi connectivity index (χ4v) is 7.71. The molecule has 328 valence electrons. The number of anilines is 2. The molecule has 2 aromatic carbocycles. The molecule has 1 amide bonds. The number of hydrogen-bond acceptors (Lipinski definition) is 15. The van der Waals surface area contributed by atoms with E-state index in [4.69, 9.17) is 54.0 Å². The second-order valence-electron chi connectivity index (χ2n) is 15.9. The summed E-state index contributed by atoms with van der Waals surface area (Å²) in [5.74, 6) is 0.811. The number of carbonyl (C=O) groups excluding carboxylic acids is 1. The van der Waals surface area contributed by atoms with Crippen LogP contribution < -0.4 is 20.3 Å². The Kier molecular flexibility index (Phi) is 17.9. The van der Waals surface area contributed by atoms with Crippen molar-refractivity contribution in [1.82, 2.24) is 19.8 Å². The van der Waals surface area contributed by atoms with E-state index in [0.29, 0.717) is 91.6 Å². The third-order valence-electron chi connectivity index (χ3n) is 10.5. The quantitative estimate of drug-likeness (QED) is 0.139. The number of fused-ring (bicyclic) bond motifs is 2. The number of aromatic nitrogens is 2. The van der Waals surface area contributed by atoms with Gasteiger partial charge in [-0.3, -0.25) is 9.69 Å². The number of likely N-dealkylation sites (tertiary alicyclic amines) is 1. The summed E-state index contributed by atoms with van der Waals surface area (Å²) in [4.78, 5) is 40.2. The number of likely N-dealkylation sites (N-methyl/N-ethyl adjacent to an activating group) is 1. The van der Waals surface area contributed by atoms with Crippen molar-refractivity contribution in [2.45, 2.75) is 70.4 Å². The lowest BCUT2D eigenvalue weighted by Gasteiger charge is -2.42. The summed E-state index contributed by atoms with van der Waals surface area (Å²) >= 11 is 0. The first kappa shape index (κ1) is 46.2. The Morgan fingerprint density at radius 3 is 2.35 bits per heavy atom. The van der Waals surface area contributed by atoms with E-state index in [0.717, 1.165) is 43.0 Å². The maximum atomic E-state index is 13.2. The predicted molar refractivity (Wildman–Crippen MR) is 226 cm³/mol. The SMILES string of the molecule is CN1C[C@H](OCCOCCOCCOCCN)C[C@H]1COc1nc2c(c(N3CCN(C(=O)OC(C)(C)C)[C@@H](CC#N)C3)n1)CCN(c1cccc3ccccc13)C2.O=CO. The number of carboxylic acid groups (broad SMARTS) is 1. The topological polar surface area (TPSA) is 198 Å². The van der Waals surface area contributed by atoms with Gasteiger partial charge in [0.2, 0.25) is 0 Å². The first-order valence-corrected chi connectivity index (χ1v) is 20.7. The molecule has 60 heavy (non-hydrogen) atoms. The van der Waals surface area contributed by atoms with Gasteiger partial charge in [-0.05, 0) is 52.1 Å². The second kappa shape index (κ2) is 23.2. The van der Waals surface area contributed by atoms with Crippen molar-refractivity contribution < 1.29 is 43.1 Å². The van der Waals surface area contributed by atoms with E-state index in [1.807, 2.05) is 20.8 Å². The molecule has 0 radical (unpaired) electrons. The Hall–Kier alpha value is -4.83. The van der Waals surface area contributed by atoms with Crippen molar-refractivity contribution in [3.63, 3.8) is 0 Å². The maximum Gasteiger partial charge on any atom is 0.410 e. The second-order valence-corrected chi connectivity index (χ2v) is 15.9. The Balaban J connectivity index is 0.00000221. The largest absolute Gasteiger partial charge is 0.483 e. The molecule has 0 aliphatic carbocycles. The van der Waals surface area contributed by atoms with Crippen LogP contribution in [0.1, 0.15) is 44.9 Å². The van der Waals surface area contributed by atoms with Crippen molar-refractivity contribution in [1.29, 1.82) is 5.26 Å². The van der Waals surface area contributed by atoms with E-state index in [2.05, 4.69) is 70.3 Å². The number of ether oxygens (including phenoxy) is 6. The minimum atomic E-state index is -0.635. The highest BCUT2D eigenvalue weighted by atomic mass is 16.6. The zero-order chi connectivity index (χ0) is 42.9. The van der Waals surface area contributed by atoms with Gasteiger partial charge in [0.25, 0.3) is 6.47 Å². The summed E-state index contributed by atoms with van der Waals surface area (Å²) in [6.45, 7) is 13.4. The average Bonchev–Trinajstić information content (AvgIpc) is 3.59. The number of rotatable bonds is 18. The van der Waals surface area contributed by atoms with Crippen LogP contribution in [0.5, 0.6) is 6.01 Å². The number of nitriles is 1. The lowest BCUT2D eigenvalue weighted by Crippen LogP contribution is -2.56. The summed E-state index contributed by atoms with van der Waals surface area (Å²) in [6, 6.07) is 17.3. The smallest absolute Gasteiger partial charge is 0.410 e. The minimum Gasteiger partial charge on any atom is -0.483 e. The standard InChI is InChI=1S/C42H60N8O7.CH2O2/c1-42(2,3)57-41(51)50-18-17-49(27-32(50)12-14-43)39-36-13-16-48(38-11-7-9-31-8-5-6-10-35(31)38)29-37(36)45-40(46-39)56-30-33-26-34(28-47(33)4)55-25-24-54-23-22-53-21-20-52-19-15-44;2-1-3/h5-11,32-34H,12-13,15-30,44H2,1-4H3;1H,(H,2,3)/t32-,33-,34+;/m0./s1. The lowest BCUT2D eigenvalue weighted by atomic mass is 10.0. The van der Waals surface area contributed by atoms with E-state index >= 15 is 0 Å². The molecule has 2 fully saturated rings. The number of amides is 1. The van der Waals surface area contributed by atoms with Crippen LogP contribution in [0.15, 0.2) is 42.5 Å². The number of nitrogens with two attached hydrogens (primary N) is 1. The molecular formula is C43H62N8O9. The van der Waals surface area contributed by atoms with Gasteiger partial charge in [-0.2, -0.15) is 15.2 Å². The minimum absolute atomic E-state index is 0.0655. The molecule has 0 unspecified atom stereocenters. The fraction of sp³-hybridized carbons (Fsp3) is 0.605. The molecule has 6 rings (SSSR count). The number of hydrogen-bond donors (Lipinski definition) is 2. The van der Waals surface area contributed by atoms with E-state index < -0.39 is 11.7 Å². The molecule has 1 aromatic heterocycles. The molecule has 17 nitrogen and oxygen atoms in total. The Morgan fingerprint density at radius 2 is 1.63 bits per heavy atom. The van der Waals surface area contributed by atoms with Crippen molar-refractivity contribution in [3.8, 4) is 12.1 Å². The summed E-state index contributed by atoms with van der Waals surface area (Å²) in [6.07, 6.45) is 1.41. The van der Waals surface area contributed by atoms with Gasteiger partial charge >= 0.3 is 12.1 Å². The van der Waals surface area contributed by atoms with Gasteiger partial charge in [-0.25, -0.2) is 4.79 Å². The molecular weight excluding hydrogens is 773 g/mol. The van der Waals surface area contributed by atoms with Gasteiger partial charge < -0.3 is 54.0 Å². The van der Waals surface area contributed by atoms with Gasteiger partial charge in [0.1, 0.15) is 18.0 Å². The zero-order valence-corrected chi connectivity index (χ0v) is 35.5.